The Morgan fingerprint density at radius 1 is 1.28 bits per heavy atom. The van der Waals surface area contributed by atoms with Gasteiger partial charge in [0.1, 0.15) is 5.69 Å². The van der Waals surface area contributed by atoms with Crippen molar-refractivity contribution in [3.8, 4) is 6.07 Å². The molecule has 0 aliphatic carbocycles. The molecule has 0 amide bonds. The Morgan fingerprint density at radius 2 is 1.78 bits per heavy atom. The van der Waals surface area contributed by atoms with E-state index in [1.807, 2.05) is 13.8 Å². The smallest absolute Gasteiger partial charge is 0.150 e. The summed E-state index contributed by atoms with van der Waals surface area (Å²) in [6.45, 7) is 4.13. The van der Waals surface area contributed by atoms with Gasteiger partial charge in [-0.05, 0) is 25.0 Å². The largest absolute Gasteiger partial charge is 0.378 e. The van der Waals surface area contributed by atoms with Crippen LogP contribution in [0, 0.1) is 23.0 Å². The van der Waals surface area contributed by atoms with Crippen molar-refractivity contribution in [1.82, 2.24) is 0 Å². The Balaban J connectivity index is 2.90. The van der Waals surface area contributed by atoms with Crippen LogP contribution < -0.4 is 11.1 Å². The molecule has 0 atom stereocenters. The number of hydrogen-bond acceptors (Lipinski definition) is 3. The summed E-state index contributed by atoms with van der Waals surface area (Å²) >= 11 is 0. The highest BCUT2D eigenvalue weighted by molar-refractivity contribution is 5.50. The van der Waals surface area contributed by atoms with Crippen LogP contribution in [0.4, 0.5) is 14.5 Å². The lowest BCUT2D eigenvalue weighted by Gasteiger charge is -2.27. The van der Waals surface area contributed by atoms with Gasteiger partial charge in [0.25, 0.3) is 0 Å². The van der Waals surface area contributed by atoms with E-state index >= 15 is 0 Å². The molecule has 5 heteroatoms. The van der Waals surface area contributed by atoms with Gasteiger partial charge in [-0.25, -0.2) is 8.78 Å². The fourth-order valence-corrected chi connectivity index (χ4v) is 1.57. The van der Waals surface area contributed by atoms with Crippen LogP contribution in [0.15, 0.2) is 12.1 Å². The molecule has 1 aromatic carbocycles. The molecule has 98 valence electrons. The SMILES string of the molecule is CCC(N)(CC)CNc1c(F)cc(C#N)cc1F. The number of benzene rings is 1. The first-order valence-electron chi connectivity index (χ1n) is 5.87. The molecular weight excluding hydrogens is 236 g/mol. The molecule has 0 saturated carbocycles. The molecule has 0 spiro atoms. The van der Waals surface area contributed by atoms with Crippen molar-refractivity contribution in [2.75, 3.05) is 11.9 Å². The zero-order valence-corrected chi connectivity index (χ0v) is 10.6. The van der Waals surface area contributed by atoms with Gasteiger partial charge in [0.15, 0.2) is 11.6 Å². The molecule has 0 unspecified atom stereocenters. The predicted molar refractivity (Wildman–Crippen MR) is 67.1 cm³/mol. The van der Waals surface area contributed by atoms with Gasteiger partial charge < -0.3 is 11.1 Å². The van der Waals surface area contributed by atoms with Crippen LogP contribution in [0.2, 0.25) is 0 Å². The first kappa shape index (κ1) is 14.4. The van der Waals surface area contributed by atoms with Crippen LogP contribution >= 0.6 is 0 Å². The lowest BCUT2D eigenvalue weighted by atomic mass is 9.94. The van der Waals surface area contributed by atoms with E-state index in [-0.39, 0.29) is 17.8 Å². The van der Waals surface area contributed by atoms with Crippen molar-refractivity contribution in [3.05, 3.63) is 29.3 Å². The van der Waals surface area contributed by atoms with Gasteiger partial charge in [0.2, 0.25) is 0 Å². The molecule has 1 rings (SSSR count). The number of hydrogen-bond donors (Lipinski definition) is 2. The summed E-state index contributed by atoms with van der Waals surface area (Å²) in [5.41, 5.74) is 5.28. The molecule has 0 saturated heterocycles. The van der Waals surface area contributed by atoms with Gasteiger partial charge in [-0.1, -0.05) is 13.8 Å². The third-order valence-electron chi connectivity index (χ3n) is 3.20. The van der Waals surface area contributed by atoms with Gasteiger partial charge in [-0.2, -0.15) is 5.26 Å². The summed E-state index contributed by atoms with van der Waals surface area (Å²) in [4.78, 5) is 0. The first-order valence-corrected chi connectivity index (χ1v) is 5.87. The number of anilines is 1. The number of nitrogens with two attached hydrogens (primary N) is 1. The summed E-state index contributed by atoms with van der Waals surface area (Å²) < 4.78 is 27.2. The van der Waals surface area contributed by atoms with Gasteiger partial charge in [0, 0.05) is 12.1 Å². The second-order valence-corrected chi connectivity index (χ2v) is 4.35. The van der Waals surface area contributed by atoms with E-state index in [2.05, 4.69) is 5.32 Å². The Kier molecular flexibility index (Phi) is 4.62. The van der Waals surface area contributed by atoms with E-state index < -0.39 is 17.2 Å². The summed E-state index contributed by atoms with van der Waals surface area (Å²) in [6, 6.07) is 3.70. The monoisotopic (exact) mass is 253 g/mol. The van der Waals surface area contributed by atoms with Crippen LogP contribution in [0.1, 0.15) is 32.3 Å². The van der Waals surface area contributed by atoms with Crippen LogP contribution in [-0.2, 0) is 0 Å². The zero-order chi connectivity index (χ0) is 13.8. The Morgan fingerprint density at radius 3 is 2.17 bits per heavy atom. The normalized spacial score (nSPS) is 11.1. The standard InChI is InChI=1S/C13H17F2N3/c1-3-13(17,4-2)8-18-12-10(14)5-9(7-16)6-11(12)15/h5-6,18H,3-4,8,17H2,1-2H3. The van der Waals surface area contributed by atoms with Crippen molar-refractivity contribution < 1.29 is 8.78 Å². The molecule has 1 aromatic rings. The summed E-state index contributed by atoms with van der Waals surface area (Å²) in [5.74, 6) is -1.55. The Labute approximate surface area is 106 Å². The van der Waals surface area contributed by atoms with Crippen molar-refractivity contribution >= 4 is 5.69 Å². The summed E-state index contributed by atoms with van der Waals surface area (Å²) in [6.07, 6.45) is 1.41. The third-order valence-corrected chi connectivity index (χ3v) is 3.20. The first-order chi connectivity index (χ1) is 8.45. The highest BCUT2D eigenvalue weighted by Crippen LogP contribution is 2.22. The topological polar surface area (TPSA) is 61.8 Å². The quantitative estimate of drug-likeness (QED) is 0.848. The minimum atomic E-state index is -0.777. The second kappa shape index (κ2) is 5.78. The zero-order valence-electron chi connectivity index (χ0n) is 10.6. The molecule has 0 radical (unpaired) electrons. The van der Waals surface area contributed by atoms with E-state index in [0.717, 1.165) is 12.1 Å². The maximum Gasteiger partial charge on any atom is 0.150 e. The van der Waals surface area contributed by atoms with Crippen LogP contribution in [0.25, 0.3) is 0 Å². The lowest BCUT2D eigenvalue weighted by molar-refractivity contribution is 0.416. The lowest BCUT2D eigenvalue weighted by Crippen LogP contribution is -2.45. The maximum absolute atomic E-state index is 13.6. The van der Waals surface area contributed by atoms with Gasteiger partial charge in [-0.15, -0.1) is 0 Å². The summed E-state index contributed by atoms with van der Waals surface area (Å²) in [7, 11) is 0. The molecule has 0 aliphatic heterocycles. The molecule has 0 aliphatic rings. The number of rotatable bonds is 5. The molecule has 0 fully saturated rings. The van der Waals surface area contributed by atoms with E-state index in [0.29, 0.717) is 12.8 Å². The number of nitriles is 1. The number of nitrogens with one attached hydrogen (secondary N) is 1. The van der Waals surface area contributed by atoms with Crippen molar-refractivity contribution in [1.29, 1.82) is 5.26 Å². The molecule has 18 heavy (non-hydrogen) atoms. The highest BCUT2D eigenvalue weighted by Gasteiger charge is 2.21. The van der Waals surface area contributed by atoms with E-state index in [1.54, 1.807) is 6.07 Å². The van der Waals surface area contributed by atoms with Crippen molar-refractivity contribution in [3.63, 3.8) is 0 Å². The van der Waals surface area contributed by atoms with E-state index in [1.165, 1.54) is 0 Å². The molecule has 3 nitrogen and oxygen atoms in total. The average Bonchev–Trinajstić information content (AvgIpc) is 2.37. The van der Waals surface area contributed by atoms with Crippen molar-refractivity contribution in [2.24, 2.45) is 5.73 Å². The molecule has 0 aromatic heterocycles. The molecule has 0 heterocycles. The fraction of sp³-hybridized carbons (Fsp3) is 0.462. The minimum absolute atomic E-state index is 0.0412. The molecule has 3 N–H and O–H groups in total. The van der Waals surface area contributed by atoms with Gasteiger partial charge in [-0.3, -0.25) is 0 Å². The van der Waals surface area contributed by atoms with E-state index in [9.17, 15) is 8.78 Å². The highest BCUT2D eigenvalue weighted by atomic mass is 19.1. The molecule has 0 bridgehead atoms. The van der Waals surface area contributed by atoms with E-state index in [4.69, 9.17) is 11.0 Å². The third kappa shape index (κ3) is 3.17. The van der Waals surface area contributed by atoms with Crippen LogP contribution in [0.5, 0.6) is 0 Å². The van der Waals surface area contributed by atoms with Crippen LogP contribution in [-0.4, -0.2) is 12.1 Å². The number of nitrogens with zero attached hydrogens (tertiary/aromatic N) is 1. The molecular formula is C13H17F2N3. The van der Waals surface area contributed by atoms with Gasteiger partial charge >= 0.3 is 0 Å². The predicted octanol–water partition coefficient (Wildman–Crippen LogP) is 2.77. The Bertz CT molecular complexity index is 439. The Hall–Kier alpha value is -1.67. The second-order valence-electron chi connectivity index (χ2n) is 4.35. The minimum Gasteiger partial charge on any atom is -0.378 e. The maximum atomic E-state index is 13.6. The number of halogens is 2. The fourth-order valence-electron chi connectivity index (χ4n) is 1.57. The van der Waals surface area contributed by atoms with Crippen molar-refractivity contribution in [2.45, 2.75) is 32.2 Å². The van der Waals surface area contributed by atoms with Gasteiger partial charge in [0.05, 0.1) is 11.6 Å². The summed E-state index contributed by atoms with van der Waals surface area (Å²) in [5, 5.41) is 11.3. The average molecular weight is 253 g/mol. The van der Waals surface area contributed by atoms with Crippen LogP contribution in [0.3, 0.4) is 0 Å².